The number of rotatable bonds is 8. The molecule has 27 heavy (non-hydrogen) atoms. The van der Waals surface area contributed by atoms with Gasteiger partial charge in [0.2, 0.25) is 0 Å². The molecule has 0 fully saturated rings. The van der Waals surface area contributed by atoms with Crippen molar-refractivity contribution >= 4 is 5.96 Å². The van der Waals surface area contributed by atoms with E-state index in [-0.39, 0.29) is 12.4 Å². The largest absolute Gasteiger partial charge is 0.493 e. The highest BCUT2D eigenvalue weighted by Crippen LogP contribution is 2.27. The van der Waals surface area contributed by atoms with Crippen molar-refractivity contribution in [2.24, 2.45) is 4.99 Å². The molecule has 0 aromatic heterocycles. The van der Waals surface area contributed by atoms with Crippen LogP contribution in [0.15, 0.2) is 41.4 Å². The molecule has 0 spiro atoms. The van der Waals surface area contributed by atoms with Gasteiger partial charge in [0.25, 0.3) is 0 Å². The third-order valence-electron chi connectivity index (χ3n) is 3.68. The molecule has 2 rings (SSSR count). The Hall–Kier alpha value is -3.03. The molecule has 2 aromatic rings. The first kappa shape index (κ1) is 20.3. The molecule has 0 amide bonds. The lowest BCUT2D eigenvalue weighted by Gasteiger charge is -2.14. The third-order valence-corrected chi connectivity index (χ3v) is 3.68. The summed E-state index contributed by atoms with van der Waals surface area (Å²) < 4.78 is 42.1. The highest BCUT2D eigenvalue weighted by Gasteiger charge is 2.06. The summed E-state index contributed by atoms with van der Waals surface area (Å²) in [6.07, 6.45) is 0. The summed E-state index contributed by atoms with van der Waals surface area (Å²) in [5, 5.41) is 6.21. The second-order valence-electron chi connectivity index (χ2n) is 5.47. The van der Waals surface area contributed by atoms with E-state index in [0.717, 1.165) is 17.7 Å². The predicted molar refractivity (Wildman–Crippen MR) is 99.6 cm³/mol. The van der Waals surface area contributed by atoms with Crippen molar-refractivity contribution in [2.75, 3.05) is 34.4 Å². The zero-order valence-corrected chi connectivity index (χ0v) is 15.5. The number of methoxy groups -OCH3 is 2. The van der Waals surface area contributed by atoms with E-state index in [1.54, 1.807) is 21.3 Å². The SMILES string of the molecule is CN=C(NCCOc1ccc(F)cc1F)NCc1ccc(OC)c(OC)c1. The number of hydrogen-bond donors (Lipinski definition) is 2. The average molecular weight is 379 g/mol. The van der Waals surface area contributed by atoms with Crippen LogP contribution in [0.5, 0.6) is 17.2 Å². The molecular weight excluding hydrogens is 356 g/mol. The molecule has 0 aliphatic heterocycles. The standard InChI is InChI=1S/C19H23F2N3O3/c1-22-19(23-8-9-27-16-7-5-14(20)11-15(16)21)24-12-13-4-6-17(25-2)18(10-13)26-3/h4-7,10-11H,8-9,12H2,1-3H3,(H2,22,23,24). The minimum atomic E-state index is -0.731. The first-order chi connectivity index (χ1) is 13.1. The predicted octanol–water partition coefficient (Wildman–Crippen LogP) is 2.73. The number of nitrogens with zero attached hydrogens (tertiary/aromatic N) is 1. The van der Waals surface area contributed by atoms with E-state index in [2.05, 4.69) is 15.6 Å². The van der Waals surface area contributed by atoms with Crippen LogP contribution in [0.25, 0.3) is 0 Å². The van der Waals surface area contributed by atoms with Gasteiger partial charge in [-0.25, -0.2) is 8.78 Å². The lowest BCUT2D eigenvalue weighted by atomic mass is 10.2. The summed E-state index contributed by atoms with van der Waals surface area (Å²) in [4.78, 5) is 4.11. The van der Waals surface area contributed by atoms with Crippen molar-refractivity contribution in [2.45, 2.75) is 6.54 Å². The fraction of sp³-hybridized carbons (Fsp3) is 0.316. The van der Waals surface area contributed by atoms with E-state index in [9.17, 15) is 8.78 Å². The number of benzene rings is 2. The van der Waals surface area contributed by atoms with Crippen LogP contribution in [0.3, 0.4) is 0 Å². The summed E-state index contributed by atoms with van der Waals surface area (Å²) in [6, 6.07) is 8.81. The molecule has 8 heteroatoms. The molecule has 0 radical (unpaired) electrons. The monoisotopic (exact) mass is 379 g/mol. The molecule has 0 bridgehead atoms. The third kappa shape index (κ3) is 6.02. The average Bonchev–Trinajstić information content (AvgIpc) is 2.68. The normalized spacial score (nSPS) is 11.1. The van der Waals surface area contributed by atoms with E-state index in [1.807, 2.05) is 18.2 Å². The van der Waals surface area contributed by atoms with Crippen molar-refractivity contribution in [1.82, 2.24) is 10.6 Å². The van der Waals surface area contributed by atoms with E-state index < -0.39 is 11.6 Å². The van der Waals surface area contributed by atoms with Crippen molar-refractivity contribution < 1.29 is 23.0 Å². The van der Waals surface area contributed by atoms with E-state index in [4.69, 9.17) is 14.2 Å². The molecule has 146 valence electrons. The Morgan fingerprint density at radius 2 is 1.70 bits per heavy atom. The van der Waals surface area contributed by atoms with Gasteiger partial charge in [0.05, 0.1) is 20.8 Å². The maximum Gasteiger partial charge on any atom is 0.191 e. The number of hydrogen-bond acceptors (Lipinski definition) is 4. The number of nitrogens with one attached hydrogen (secondary N) is 2. The minimum Gasteiger partial charge on any atom is -0.493 e. The second kappa shape index (κ2) is 10.2. The van der Waals surface area contributed by atoms with Crippen LogP contribution >= 0.6 is 0 Å². The first-order valence-corrected chi connectivity index (χ1v) is 8.30. The quantitative estimate of drug-likeness (QED) is 0.420. The Morgan fingerprint density at radius 1 is 0.963 bits per heavy atom. The van der Waals surface area contributed by atoms with E-state index in [0.29, 0.717) is 30.5 Å². The Kier molecular flexibility index (Phi) is 7.66. The maximum absolute atomic E-state index is 13.5. The van der Waals surface area contributed by atoms with Gasteiger partial charge in [-0.1, -0.05) is 6.07 Å². The zero-order valence-electron chi connectivity index (χ0n) is 15.5. The summed E-state index contributed by atoms with van der Waals surface area (Å²) in [5.41, 5.74) is 0.986. The lowest BCUT2D eigenvalue weighted by molar-refractivity contribution is 0.304. The van der Waals surface area contributed by atoms with Crippen LogP contribution in [-0.4, -0.2) is 40.4 Å². The van der Waals surface area contributed by atoms with Crippen LogP contribution in [-0.2, 0) is 6.54 Å². The molecular formula is C19H23F2N3O3. The lowest BCUT2D eigenvalue weighted by Crippen LogP contribution is -2.38. The smallest absolute Gasteiger partial charge is 0.191 e. The fourth-order valence-electron chi connectivity index (χ4n) is 2.32. The van der Waals surface area contributed by atoms with Crippen LogP contribution in [0.2, 0.25) is 0 Å². The molecule has 0 aliphatic carbocycles. The molecule has 0 atom stereocenters. The molecule has 0 heterocycles. The topological polar surface area (TPSA) is 64.1 Å². The van der Waals surface area contributed by atoms with Crippen molar-refractivity contribution in [3.63, 3.8) is 0 Å². The fourth-order valence-corrected chi connectivity index (χ4v) is 2.32. The summed E-state index contributed by atoms with van der Waals surface area (Å²) in [7, 11) is 4.81. The Bertz CT molecular complexity index is 785. The minimum absolute atomic E-state index is 0.00599. The van der Waals surface area contributed by atoms with Crippen LogP contribution < -0.4 is 24.8 Å². The molecule has 0 aliphatic rings. The Balaban J connectivity index is 1.79. The summed E-state index contributed by atoms with van der Waals surface area (Å²) in [6.45, 7) is 1.11. The number of ether oxygens (including phenoxy) is 3. The maximum atomic E-state index is 13.5. The van der Waals surface area contributed by atoms with Gasteiger partial charge >= 0.3 is 0 Å². The van der Waals surface area contributed by atoms with Gasteiger partial charge in [-0.2, -0.15) is 0 Å². The van der Waals surface area contributed by atoms with Crippen LogP contribution in [0, 0.1) is 11.6 Å². The molecule has 6 nitrogen and oxygen atoms in total. The van der Waals surface area contributed by atoms with Crippen molar-refractivity contribution in [1.29, 1.82) is 0 Å². The van der Waals surface area contributed by atoms with Gasteiger partial charge in [-0.05, 0) is 29.8 Å². The number of aliphatic imine (C=N–C) groups is 1. The number of guanidine groups is 1. The molecule has 2 N–H and O–H groups in total. The van der Waals surface area contributed by atoms with Crippen molar-refractivity contribution in [3.05, 3.63) is 53.6 Å². The zero-order chi connectivity index (χ0) is 19.6. The van der Waals surface area contributed by atoms with Gasteiger partial charge < -0.3 is 24.8 Å². The van der Waals surface area contributed by atoms with E-state index in [1.165, 1.54) is 6.07 Å². The molecule has 2 aromatic carbocycles. The van der Waals surface area contributed by atoms with E-state index >= 15 is 0 Å². The molecule has 0 saturated carbocycles. The highest BCUT2D eigenvalue weighted by molar-refractivity contribution is 5.79. The van der Waals surface area contributed by atoms with Gasteiger partial charge in [-0.15, -0.1) is 0 Å². The Labute approximate surface area is 157 Å². The van der Waals surface area contributed by atoms with Gasteiger partial charge in [0, 0.05) is 19.7 Å². The number of halogens is 2. The highest BCUT2D eigenvalue weighted by atomic mass is 19.1. The van der Waals surface area contributed by atoms with Crippen molar-refractivity contribution in [3.8, 4) is 17.2 Å². The summed E-state index contributed by atoms with van der Waals surface area (Å²) >= 11 is 0. The van der Waals surface area contributed by atoms with Gasteiger partial charge in [-0.3, -0.25) is 4.99 Å². The molecule has 0 saturated heterocycles. The Morgan fingerprint density at radius 3 is 2.37 bits per heavy atom. The van der Waals surface area contributed by atoms with Crippen LogP contribution in [0.4, 0.5) is 8.78 Å². The first-order valence-electron chi connectivity index (χ1n) is 8.30. The van der Waals surface area contributed by atoms with Gasteiger partial charge in [0.1, 0.15) is 12.4 Å². The molecule has 0 unspecified atom stereocenters. The summed E-state index contributed by atoms with van der Waals surface area (Å²) in [5.74, 6) is 0.506. The van der Waals surface area contributed by atoms with Gasteiger partial charge in [0.15, 0.2) is 29.0 Å². The second-order valence-corrected chi connectivity index (χ2v) is 5.47. The van der Waals surface area contributed by atoms with Crippen LogP contribution in [0.1, 0.15) is 5.56 Å².